The second-order valence-electron chi connectivity index (χ2n) is 25.1. The van der Waals surface area contributed by atoms with Gasteiger partial charge < -0.3 is 54.6 Å². The van der Waals surface area contributed by atoms with Crippen LogP contribution in [0.15, 0.2) is 0 Å². The van der Waals surface area contributed by atoms with E-state index in [9.17, 15) is 67.4 Å². The van der Waals surface area contributed by atoms with Gasteiger partial charge in [0.15, 0.2) is 10.9 Å². The van der Waals surface area contributed by atoms with Gasteiger partial charge >= 0.3 is 11.9 Å². The van der Waals surface area contributed by atoms with Crippen LogP contribution in [0.1, 0.15) is 194 Å². The van der Waals surface area contributed by atoms with E-state index >= 15 is 0 Å². The van der Waals surface area contributed by atoms with Gasteiger partial charge in [-0.15, -0.1) is 0 Å². The van der Waals surface area contributed by atoms with Crippen molar-refractivity contribution < 1.29 is 110 Å². The molecule has 3 aliphatic rings. The van der Waals surface area contributed by atoms with Gasteiger partial charge in [0.1, 0.15) is 54.0 Å². The van der Waals surface area contributed by atoms with E-state index in [0.717, 1.165) is 51.4 Å². The van der Waals surface area contributed by atoms with Gasteiger partial charge in [-0.25, -0.2) is 16.7 Å². The number of nitrogens with one attached hydrogen (secondary N) is 3. The summed E-state index contributed by atoms with van der Waals surface area (Å²) in [6, 6.07) is -2.08. The number of unbranched alkanes of at least 4 members (excludes halogenated alkanes) is 14. The van der Waals surface area contributed by atoms with Crippen LogP contribution >= 0.6 is 76.7 Å². The molecule has 0 saturated carbocycles. The van der Waals surface area contributed by atoms with Crippen molar-refractivity contribution in [2.24, 2.45) is 35.5 Å². The third kappa shape index (κ3) is 44.9. The summed E-state index contributed by atoms with van der Waals surface area (Å²) in [6.45, 7) is 4.69. The fourth-order valence-corrected chi connectivity index (χ4v) is 19.5. The van der Waals surface area contributed by atoms with E-state index in [1.165, 1.54) is 104 Å². The average Bonchev–Trinajstić information content (AvgIpc) is 1.12. The number of carboxylic acid groups (broad SMARTS) is 2. The quantitative estimate of drug-likeness (QED) is 0.0215. The van der Waals surface area contributed by atoms with Crippen molar-refractivity contribution in [1.82, 2.24) is 16.0 Å². The number of hydrogen-bond donors (Lipinski definition) is 5. The van der Waals surface area contributed by atoms with Crippen LogP contribution in [0.5, 0.6) is 0 Å². The molecule has 3 saturated heterocycles. The molecule has 0 aromatic heterocycles. The number of ketones is 7. The molecule has 3 fully saturated rings. The number of carbonyl (C=O) groups excluding carboxylic acids is 11. The summed E-state index contributed by atoms with van der Waals surface area (Å²) in [6.07, 6.45) is 17.2. The van der Waals surface area contributed by atoms with Crippen molar-refractivity contribution >= 4 is 152 Å². The summed E-state index contributed by atoms with van der Waals surface area (Å²) in [4.78, 5) is 167. The van der Waals surface area contributed by atoms with Gasteiger partial charge in [-0.3, -0.25) is 52.7 Å². The predicted octanol–water partition coefficient (Wildman–Crippen LogP) is 10.7. The molecule has 0 aliphatic carbocycles. The topological polar surface area (TPSA) is 349 Å². The first-order valence-electron chi connectivity index (χ1n) is 34.6. The molecular formula is C67H107N4O19S7V-. The molecule has 557 valence electrons. The Hall–Kier alpha value is -2.46. The zero-order valence-corrected chi connectivity index (χ0v) is 64.4. The monoisotopic (exact) mass is 1550 g/mol. The fourth-order valence-electron chi connectivity index (χ4n) is 10.6. The van der Waals surface area contributed by atoms with Crippen LogP contribution < -0.4 is 16.0 Å². The number of amides is 3. The van der Waals surface area contributed by atoms with Crippen molar-refractivity contribution in [2.75, 3.05) is 100 Å². The largest absolute Gasteiger partial charge is 0.590 e. The molecule has 3 heterocycles. The number of fused-ring (bicyclic) bond motifs is 4. The Morgan fingerprint density at radius 1 is 0.500 bits per heavy atom. The minimum absolute atomic E-state index is 0. The summed E-state index contributed by atoms with van der Waals surface area (Å²) in [7, 11) is 8.48. The second kappa shape index (κ2) is 57.9. The number of Topliss-reactive ketones (excluding diaryl/α,β-unsaturated/α-hetero) is 7. The number of nitrogens with zero attached hydrogens (tertiary/aromatic N) is 1. The normalized spacial score (nSPS) is 21.2. The summed E-state index contributed by atoms with van der Waals surface area (Å²) < 4.78 is 26.4. The van der Waals surface area contributed by atoms with Crippen LogP contribution in [0.25, 0.3) is 4.72 Å². The smallest absolute Gasteiger partial charge is 0.326 e. The molecule has 0 aromatic rings. The molecule has 3 amide bonds. The van der Waals surface area contributed by atoms with Gasteiger partial charge in [-0.2, -0.15) is 0 Å². The number of ether oxygens (including phenoxy) is 4. The maximum absolute atomic E-state index is 14.1. The fraction of sp³-hybridized carbons (Fsp3) is 0.806. The molecule has 0 unspecified atom stereocenters. The molecule has 5 N–H and O–H groups in total. The van der Waals surface area contributed by atoms with Crippen molar-refractivity contribution in [1.29, 1.82) is 0 Å². The Morgan fingerprint density at radius 2 is 1.05 bits per heavy atom. The molecule has 8 atom stereocenters. The Morgan fingerprint density at radius 3 is 1.70 bits per heavy atom. The molecule has 23 nitrogen and oxygen atoms in total. The van der Waals surface area contributed by atoms with Crippen LogP contribution in [0.3, 0.4) is 0 Å². The molecule has 31 heteroatoms. The van der Waals surface area contributed by atoms with Gasteiger partial charge in [0, 0.05) is 160 Å². The molecular weight excluding hydrogens is 1440 g/mol. The molecule has 0 spiro atoms. The SMILES string of the molecule is CC(=O)[C@@H]1CSSC[C@H](CC(=O)[C@@H]2CSSC[C@@H]3CC(=O)[C@H](CCCCNC(=O)COCCOCCCC(=O)COCCOCCNC(=O)CC[C@H](NC(=O)CCCCCCCCCCCCCCCCC(=O)O)C(=O)O)CC(=O)[C@@H](C)CSSC[C@H]([N-]SC3=O)C(=O)C2)C(=O)C1.[V]. The minimum Gasteiger partial charge on any atom is -0.590 e. The molecule has 3 rings (SSSR count). The minimum atomic E-state index is -1.20. The zero-order valence-electron chi connectivity index (χ0n) is 57.3. The van der Waals surface area contributed by atoms with Crippen molar-refractivity contribution in [3.63, 3.8) is 0 Å². The van der Waals surface area contributed by atoms with E-state index in [4.69, 9.17) is 24.1 Å². The van der Waals surface area contributed by atoms with E-state index in [-0.39, 0.29) is 222 Å². The Kier molecular flexibility index (Phi) is 54.1. The van der Waals surface area contributed by atoms with Crippen LogP contribution in [-0.2, 0) is 99.8 Å². The number of hydrogen-bond acceptors (Lipinski definition) is 24. The average molecular weight is 1550 g/mol. The maximum atomic E-state index is 14.1. The van der Waals surface area contributed by atoms with E-state index in [2.05, 4.69) is 20.7 Å². The number of rotatable bonds is 48. The summed E-state index contributed by atoms with van der Waals surface area (Å²) in [5, 5.41) is 26.0. The standard InChI is InChI=1S/C67H107N4O19S7.V/c1-47-41-91-96-46-56-61(78)37-52(60(77)36-51-43-93-92-42-50(48(2)72)35-59(51)76)44-94-95-45-53(67(86)97-71-56)38-58(75)49(34-57(47)74)20-17-18-26-68-64(81)40-90-33-30-87-28-19-21-54(73)39-89-32-31-88-29-27-69-62(79)25-24-55(66(84)85)70-63(80)22-15-13-11-9-7-5-3-4-6-8-10-12-14-16-23-65(82)83;/h47,49-53,55-56H,3-46H2,1-2H3,(H,68,81)(H,69,79)(H,70,80)(H,82,83)(H,84,85);/q-1;/t47-,49+,50-,51-,52-,53-,55-,56-;/m0./s1. The molecule has 1 radical (unpaired) electrons. The van der Waals surface area contributed by atoms with E-state index in [0.29, 0.717) is 74.5 Å². The second-order valence-corrected chi connectivity index (χ2v) is 33.5. The first-order chi connectivity index (χ1) is 46.7. The molecule has 98 heavy (non-hydrogen) atoms. The van der Waals surface area contributed by atoms with Crippen molar-refractivity contribution in [3.05, 3.63) is 4.72 Å². The van der Waals surface area contributed by atoms with Gasteiger partial charge in [-0.05, 0) is 51.2 Å². The van der Waals surface area contributed by atoms with Crippen LogP contribution in [-0.4, -0.2) is 198 Å². The number of carbonyl (C=O) groups is 13. The van der Waals surface area contributed by atoms with E-state index in [1.807, 2.05) is 6.92 Å². The first kappa shape index (κ1) is 91.6. The van der Waals surface area contributed by atoms with Crippen LogP contribution in [0, 0.1) is 35.5 Å². The number of carboxylic acids is 2. The Bertz CT molecular complexity index is 2440. The molecule has 3 aliphatic heterocycles. The van der Waals surface area contributed by atoms with Crippen molar-refractivity contribution in [3.8, 4) is 0 Å². The van der Waals surface area contributed by atoms with Crippen molar-refractivity contribution in [2.45, 2.75) is 206 Å². The third-order valence-electron chi connectivity index (χ3n) is 16.8. The van der Waals surface area contributed by atoms with Gasteiger partial charge in [0.25, 0.3) is 0 Å². The summed E-state index contributed by atoms with van der Waals surface area (Å²) in [5.74, 6) is -5.34. The summed E-state index contributed by atoms with van der Waals surface area (Å²) in [5.41, 5.74) is 0. The predicted molar refractivity (Wildman–Crippen MR) is 388 cm³/mol. The molecule has 0 aromatic carbocycles. The Balaban J connectivity index is 0.0000327. The first-order valence-corrected chi connectivity index (χ1v) is 42.9. The third-order valence-corrected chi connectivity index (χ3v) is 25.3. The van der Waals surface area contributed by atoms with E-state index in [1.54, 1.807) is 0 Å². The zero-order chi connectivity index (χ0) is 70.8. The molecule has 2 bridgehead atoms. The van der Waals surface area contributed by atoms with Gasteiger partial charge in [0.05, 0.1) is 33.0 Å². The van der Waals surface area contributed by atoms with Crippen LogP contribution in [0.4, 0.5) is 0 Å². The Labute approximate surface area is 619 Å². The van der Waals surface area contributed by atoms with Gasteiger partial charge in [0.2, 0.25) is 17.7 Å². The van der Waals surface area contributed by atoms with Crippen LogP contribution in [0.2, 0.25) is 0 Å². The van der Waals surface area contributed by atoms with E-state index < -0.39 is 53.6 Å². The number of aliphatic carboxylic acids is 2. The maximum Gasteiger partial charge on any atom is 0.326 e. The van der Waals surface area contributed by atoms with Gasteiger partial charge in [-0.1, -0.05) is 161 Å². The summed E-state index contributed by atoms with van der Waals surface area (Å²) >= 11 is 0.682.